The van der Waals surface area contributed by atoms with Gasteiger partial charge in [-0.2, -0.15) is 13.2 Å². The largest absolute Gasteiger partial charge is 0.598 e. The van der Waals surface area contributed by atoms with Gasteiger partial charge in [0.2, 0.25) is 0 Å². The van der Waals surface area contributed by atoms with Crippen molar-refractivity contribution in [1.82, 2.24) is 4.72 Å². The molecule has 0 heterocycles. The van der Waals surface area contributed by atoms with Gasteiger partial charge in [-0.1, -0.05) is 37.6 Å². The first-order valence-corrected chi connectivity index (χ1v) is 9.79. The molecular formula is C20H30F3NOS. The molecule has 1 aromatic rings. The molecule has 0 radical (unpaired) electrons. The zero-order valence-corrected chi connectivity index (χ0v) is 17.4. The van der Waals surface area contributed by atoms with Crippen LogP contribution in [-0.2, 0) is 23.0 Å². The van der Waals surface area contributed by atoms with Crippen LogP contribution in [0.4, 0.5) is 13.2 Å². The highest BCUT2D eigenvalue weighted by atomic mass is 32.2. The van der Waals surface area contributed by atoms with Gasteiger partial charge in [0.05, 0.1) is 11.6 Å². The van der Waals surface area contributed by atoms with E-state index in [1.165, 1.54) is 12.1 Å². The van der Waals surface area contributed by atoms with Crippen molar-refractivity contribution in [3.05, 3.63) is 47.0 Å². The van der Waals surface area contributed by atoms with Gasteiger partial charge in [-0.25, -0.2) is 0 Å². The smallest absolute Gasteiger partial charge is 0.416 e. The Morgan fingerprint density at radius 2 is 1.50 bits per heavy atom. The molecule has 2 nitrogen and oxygen atoms in total. The molecule has 0 bridgehead atoms. The first-order valence-electron chi connectivity index (χ1n) is 8.64. The van der Waals surface area contributed by atoms with Crippen molar-refractivity contribution < 1.29 is 17.7 Å². The summed E-state index contributed by atoms with van der Waals surface area (Å²) >= 11 is -1.23. The minimum atomic E-state index is -4.33. The fourth-order valence-electron chi connectivity index (χ4n) is 2.63. The van der Waals surface area contributed by atoms with E-state index in [0.717, 1.165) is 23.3 Å². The molecule has 0 amide bonds. The molecule has 1 aromatic carbocycles. The lowest BCUT2D eigenvalue weighted by Crippen LogP contribution is -2.45. The Hall–Kier alpha value is -0.980. The number of nitrogens with one attached hydrogen (secondary N) is 1. The maximum Gasteiger partial charge on any atom is 0.416 e. The molecule has 0 aromatic heterocycles. The monoisotopic (exact) mass is 389 g/mol. The van der Waals surface area contributed by atoms with Gasteiger partial charge in [0.15, 0.2) is 0 Å². The molecule has 0 aliphatic carbocycles. The molecule has 0 aliphatic rings. The van der Waals surface area contributed by atoms with Crippen molar-refractivity contribution in [1.29, 1.82) is 0 Å². The Morgan fingerprint density at radius 3 is 1.88 bits per heavy atom. The Kier molecular flexibility index (Phi) is 7.41. The summed E-state index contributed by atoms with van der Waals surface area (Å²) in [6, 6.07) is 5.16. The number of halogens is 3. The van der Waals surface area contributed by atoms with Crippen LogP contribution >= 0.6 is 0 Å². The highest BCUT2D eigenvalue weighted by Crippen LogP contribution is 2.34. The van der Waals surface area contributed by atoms with E-state index in [9.17, 15) is 17.7 Å². The Morgan fingerprint density at radius 1 is 1.04 bits per heavy atom. The second-order valence-corrected chi connectivity index (χ2v) is 10.5. The predicted octanol–water partition coefficient (Wildman–Crippen LogP) is 5.76. The summed E-state index contributed by atoms with van der Waals surface area (Å²) < 4.78 is 53.6. The van der Waals surface area contributed by atoms with Crippen LogP contribution in [0.1, 0.15) is 66.0 Å². The van der Waals surface area contributed by atoms with E-state index in [4.69, 9.17) is 0 Å². The van der Waals surface area contributed by atoms with Crippen molar-refractivity contribution in [3.8, 4) is 0 Å². The van der Waals surface area contributed by atoms with Crippen LogP contribution in [0.5, 0.6) is 0 Å². The molecule has 148 valence electrons. The van der Waals surface area contributed by atoms with Gasteiger partial charge in [-0.15, -0.1) is 4.72 Å². The molecule has 0 fully saturated rings. The summed E-state index contributed by atoms with van der Waals surface area (Å²) in [5.74, 6) is 0. The first kappa shape index (κ1) is 23.1. The normalized spacial score (nSPS) is 15.5. The molecule has 0 unspecified atom stereocenters. The lowest BCUT2D eigenvalue weighted by atomic mass is 9.78. The maximum atomic E-state index is 12.8. The van der Waals surface area contributed by atoms with Crippen LogP contribution in [0.3, 0.4) is 0 Å². The Balaban J connectivity index is 3.02. The fourth-order valence-corrected chi connectivity index (χ4v) is 3.41. The summed E-state index contributed by atoms with van der Waals surface area (Å²) in [6.07, 6.45) is -1.70. The average molecular weight is 390 g/mol. The lowest BCUT2D eigenvalue weighted by Gasteiger charge is -2.32. The summed E-state index contributed by atoms with van der Waals surface area (Å²) in [4.78, 5) is 0. The van der Waals surface area contributed by atoms with E-state index in [2.05, 4.69) is 4.72 Å². The van der Waals surface area contributed by atoms with E-state index >= 15 is 0 Å². The van der Waals surface area contributed by atoms with Gasteiger partial charge < -0.3 is 4.55 Å². The van der Waals surface area contributed by atoms with Crippen LogP contribution in [0, 0.1) is 0 Å². The molecule has 0 saturated carbocycles. The van der Waals surface area contributed by atoms with Crippen molar-refractivity contribution in [2.75, 3.05) is 0 Å². The molecular weight excluding hydrogens is 359 g/mol. The van der Waals surface area contributed by atoms with Crippen LogP contribution in [0.25, 0.3) is 0 Å². The zero-order valence-electron chi connectivity index (χ0n) is 16.6. The fraction of sp³-hybridized carbons (Fsp3) is 0.600. The van der Waals surface area contributed by atoms with Crippen molar-refractivity contribution in [2.24, 2.45) is 0 Å². The third kappa shape index (κ3) is 6.97. The summed E-state index contributed by atoms with van der Waals surface area (Å²) in [6.45, 7) is 13.6. The van der Waals surface area contributed by atoms with E-state index in [0.29, 0.717) is 6.42 Å². The third-order valence-electron chi connectivity index (χ3n) is 4.07. The number of allylic oxidation sites excluding steroid dienone is 1. The van der Waals surface area contributed by atoms with Crippen molar-refractivity contribution in [3.63, 3.8) is 0 Å². The maximum absolute atomic E-state index is 12.8. The van der Waals surface area contributed by atoms with Gasteiger partial charge in [-0.05, 0) is 64.2 Å². The number of hydrogen-bond acceptors (Lipinski definition) is 2. The molecule has 0 aliphatic heterocycles. The lowest BCUT2D eigenvalue weighted by molar-refractivity contribution is -0.137. The van der Waals surface area contributed by atoms with E-state index in [1.54, 1.807) is 0 Å². The van der Waals surface area contributed by atoms with Gasteiger partial charge in [0.25, 0.3) is 0 Å². The zero-order chi connectivity index (χ0) is 20.3. The van der Waals surface area contributed by atoms with E-state index < -0.39 is 27.8 Å². The van der Waals surface area contributed by atoms with Crippen molar-refractivity contribution in [2.45, 2.75) is 77.3 Å². The number of benzene rings is 1. The molecule has 0 saturated heterocycles. The van der Waals surface area contributed by atoms with Gasteiger partial charge in [0, 0.05) is 11.4 Å². The van der Waals surface area contributed by atoms with Crippen LogP contribution < -0.4 is 4.72 Å². The number of hydrogen-bond donors (Lipinski definition) is 1. The molecule has 6 heteroatoms. The second kappa shape index (κ2) is 8.36. The van der Waals surface area contributed by atoms with E-state index in [-0.39, 0.29) is 11.5 Å². The SMILES string of the molecule is CC(C)=C[C@@H](CC(C)(C)c1ccc(C(F)(F)F)cc1)N[S@+]([O-])C(C)(C)C. The van der Waals surface area contributed by atoms with Crippen LogP contribution in [0.2, 0.25) is 0 Å². The van der Waals surface area contributed by atoms with Crippen LogP contribution in [-0.4, -0.2) is 15.3 Å². The summed E-state index contributed by atoms with van der Waals surface area (Å²) in [7, 11) is 0. The number of rotatable bonds is 6. The molecule has 1 N–H and O–H groups in total. The molecule has 0 spiro atoms. The van der Waals surface area contributed by atoms with Crippen LogP contribution in [0.15, 0.2) is 35.9 Å². The predicted molar refractivity (Wildman–Crippen MR) is 103 cm³/mol. The minimum absolute atomic E-state index is 0.141. The quantitative estimate of drug-likeness (QED) is 0.496. The van der Waals surface area contributed by atoms with Crippen molar-refractivity contribution >= 4 is 11.4 Å². The van der Waals surface area contributed by atoms with Gasteiger partial charge >= 0.3 is 6.18 Å². The topological polar surface area (TPSA) is 35.1 Å². The highest BCUT2D eigenvalue weighted by molar-refractivity contribution is 7.90. The first-order chi connectivity index (χ1) is 11.6. The van der Waals surface area contributed by atoms with Gasteiger partial charge in [-0.3, -0.25) is 0 Å². The highest BCUT2D eigenvalue weighted by Gasteiger charge is 2.33. The average Bonchev–Trinajstić information content (AvgIpc) is 2.44. The van der Waals surface area contributed by atoms with Gasteiger partial charge in [0.1, 0.15) is 4.75 Å². The number of alkyl halides is 3. The molecule has 1 rings (SSSR count). The molecule has 2 atom stereocenters. The summed E-state index contributed by atoms with van der Waals surface area (Å²) in [5, 5.41) is 0. The minimum Gasteiger partial charge on any atom is -0.598 e. The molecule has 26 heavy (non-hydrogen) atoms. The standard InChI is InChI=1S/C20H30F3NOS/c1-14(2)12-17(24-26(25)18(3,4)5)13-19(6,7)15-8-10-16(11-9-15)20(21,22)23/h8-12,17,24H,13H2,1-7H3/t17-,26+/m0/s1. The second-order valence-electron chi connectivity index (χ2n) is 8.51. The van der Waals surface area contributed by atoms with E-state index in [1.807, 2.05) is 54.5 Å². The third-order valence-corrected chi connectivity index (χ3v) is 5.70. The summed E-state index contributed by atoms with van der Waals surface area (Å²) in [5.41, 5.74) is 0.887. The Bertz CT molecular complexity index is 611. The Labute approximate surface area is 158 Å².